The first-order valence-corrected chi connectivity index (χ1v) is 7.43. The van der Waals surface area contributed by atoms with Gasteiger partial charge in [-0.2, -0.15) is 0 Å². The number of ether oxygens (including phenoxy) is 1. The Kier molecular flexibility index (Phi) is 5.86. The minimum atomic E-state index is -0.554. The van der Waals surface area contributed by atoms with Gasteiger partial charge in [-0.05, 0) is 48.2 Å². The van der Waals surface area contributed by atoms with Gasteiger partial charge < -0.3 is 10.1 Å². The van der Waals surface area contributed by atoms with Crippen LogP contribution in [0.2, 0.25) is 0 Å². The molecule has 5 nitrogen and oxygen atoms in total. The Morgan fingerprint density at radius 3 is 2.57 bits per heavy atom. The van der Waals surface area contributed by atoms with E-state index >= 15 is 0 Å². The fourth-order valence-electron chi connectivity index (χ4n) is 2.15. The fourth-order valence-corrected chi connectivity index (χ4v) is 2.15. The highest BCUT2D eigenvalue weighted by Crippen LogP contribution is 2.11. The average molecular weight is 312 g/mol. The minimum Gasteiger partial charge on any atom is -0.497 e. The molecule has 0 aliphatic rings. The number of nitrogens with zero attached hydrogens (tertiary/aromatic N) is 1. The predicted molar refractivity (Wildman–Crippen MR) is 87.4 cm³/mol. The maximum absolute atomic E-state index is 11.9. The Morgan fingerprint density at radius 1 is 1.17 bits per heavy atom. The van der Waals surface area contributed by atoms with Crippen LogP contribution in [0.4, 0.5) is 0 Å². The molecule has 1 N–H and O–H groups in total. The molecule has 1 aromatic carbocycles. The highest BCUT2D eigenvalue weighted by Gasteiger charge is 2.14. The van der Waals surface area contributed by atoms with Crippen molar-refractivity contribution in [2.24, 2.45) is 0 Å². The largest absolute Gasteiger partial charge is 0.497 e. The number of Topliss-reactive ketones (excluding diaryl/α,β-unsaturated/α-hetero) is 1. The summed E-state index contributed by atoms with van der Waals surface area (Å²) in [5.41, 5.74) is 2.81. The van der Waals surface area contributed by atoms with Crippen LogP contribution in [0.3, 0.4) is 0 Å². The molecule has 0 bridgehead atoms. The van der Waals surface area contributed by atoms with Gasteiger partial charge in [-0.15, -0.1) is 0 Å². The average Bonchev–Trinajstić information content (AvgIpc) is 2.57. The van der Waals surface area contributed by atoms with Crippen molar-refractivity contribution in [2.45, 2.75) is 19.8 Å². The zero-order valence-corrected chi connectivity index (χ0v) is 13.3. The van der Waals surface area contributed by atoms with Crippen LogP contribution < -0.4 is 10.1 Å². The van der Waals surface area contributed by atoms with E-state index in [1.54, 1.807) is 19.5 Å². The summed E-state index contributed by atoms with van der Waals surface area (Å²) in [4.78, 5) is 27.8. The summed E-state index contributed by atoms with van der Waals surface area (Å²) >= 11 is 0. The normalized spacial score (nSPS) is 10.2. The number of hydrogen-bond donors (Lipinski definition) is 1. The second kappa shape index (κ2) is 8.08. The summed E-state index contributed by atoms with van der Waals surface area (Å²) in [5.74, 6) is -0.211. The van der Waals surface area contributed by atoms with Crippen LogP contribution in [0.15, 0.2) is 42.7 Å². The monoisotopic (exact) mass is 312 g/mol. The molecular weight excluding hydrogens is 292 g/mol. The second-order valence-electron chi connectivity index (χ2n) is 5.26. The molecule has 1 amide bonds. The van der Waals surface area contributed by atoms with Crippen molar-refractivity contribution >= 4 is 11.7 Å². The van der Waals surface area contributed by atoms with Crippen LogP contribution >= 0.6 is 0 Å². The van der Waals surface area contributed by atoms with Crippen LogP contribution in [0.25, 0.3) is 0 Å². The van der Waals surface area contributed by atoms with Gasteiger partial charge >= 0.3 is 0 Å². The molecule has 2 rings (SSSR count). The lowest BCUT2D eigenvalue weighted by Gasteiger charge is -2.07. The van der Waals surface area contributed by atoms with Crippen molar-refractivity contribution in [1.82, 2.24) is 10.3 Å². The Labute approximate surface area is 135 Å². The molecule has 0 atom stereocenters. The minimum absolute atomic E-state index is 0.0774. The molecule has 0 unspecified atom stereocenters. The number of benzene rings is 1. The standard InChI is InChI=1S/C18H20N2O3/c1-13-7-9-19-12-15(13)11-17(21)18(22)20-10-8-14-3-5-16(23-2)6-4-14/h3-7,9,12H,8,10-11H2,1-2H3,(H,20,22). The third kappa shape index (κ3) is 4.92. The van der Waals surface area contributed by atoms with Crippen molar-refractivity contribution in [1.29, 1.82) is 0 Å². The molecule has 0 spiro atoms. The maximum atomic E-state index is 11.9. The SMILES string of the molecule is COc1ccc(CCNC(=O)C(=O)Cc2cnccc2C)cc1. The molecular formula is C18H20N2O3. The highest BCUT2D eigenvalue weighted by molar-refractivity contribution is 6.36. The van der Waals surface area contributed by atoms with Crippen LogP contribution in [0.5, 0.6) is 5.75 Å². The summed E-state index contributed by atoms with van der Waals surface area (Å²) < 4.78 is 5.09. The zero-order valence-electron chi connectivity index (χ0n) is 13.3. The fraction of sp³-hybridized carbons (Fsp3) is 0.278. The van der Waals surface area contributed by atoms with Crippen molar-refractivity contribution in [2.75, 3.05) is 13.7 Å². The van der Waals surface area contributed by atoms with E-state index in [1.165, 1.54) is 0 Å². The summed E-state index contributed by atoms with van der Waals surface area (Å²) in [6, 6.07) is 9.43. The molecule has 0 saturated carbocycles. The highest BCUT2D eigenvalue weighted by atomic mass is 16.5. The van der Waals surface area contributed by atoms with E-state index < -0.39 is 11.7 Å². The molecule has 0 radical (unpaired) electrons. The van der Waals surface area contributed by atoms with E-state index in [2.05, 4.69) is 10.3 Å². The number of carbonyl (C=O) groups excluding carboxylic acids is 2. The zero-order chi connectivity index (χ0) is 16.7. The van der Waals surface area contributed by atoms with Crippen LogP contribution in [0.1, 0.15) is 16.7 Å². The number of methoxy groups -OCH3 is 1. The molecule has 0 aliphatic heterocycles. The summed E-state index contributed by atoms with van der Waals surface area (Å²) in [7, 11) is 1.62. The Bertz CT molecular complexity index is 681. The number of carbonyl (C=O) groups is 2. The van der Waals surface area contributed by atoms with E-state index in [0.29, 0.717) is 13.0 Å². The number of aromatic nitrogens is 1. The van der Waals surface area contributed by atoms with Crippen molar-refractivity contribution < 1.29 is 14.3 Å². The number of nitrogens with one attached hydrogen (secondary N) is 1. The van der Waals surface area contributed by atoms with Gasteiger partial charge in [-0.1, -0.05) is 12.1 Å². The molecule has 120 valence electrons. The quantitative estimate of drug-likeness (QED) is 0.793. The molecule has 0 fully saturated rings. The number of rotatable bonds is 7. The van der Waals surface area contributed by atoms with E-state index in [0.717, 1.165) is 22.4 Å². The molecule has 1 heterocycles. The van der Waals surface area contributed by atoms with Gasteiger partial charge in [0.1, 0.15) is 5.75 Å². The van der Waals surface area contributed by atoms with Crippen molar-refractivity contribution in [3.63, 3.8) is 0 Å². The summed E-state index contributed by atoms with van der Waals surface area (Å²) in [6.07, 6.45) is 4.03. The van der Waals surface area contributed by atoms with Crippen LogP contribution in [0, 0.1) is 6.92 Å². The number of hydrogen-bond acceptors (Lipinski definition) is 4. The lowest BCUT2D eigenvalue weighted by atomic mass is 10.1. The third-order valence-corrected chi connectivity index (χ3v) is 3.61. The van der Waals surface area contributed by atoms with Crippen molar-refractivity contribution in [3.05, 3.63) is 59.4 Å². The van der Waals surface area contributed by atoms with E-state index in [9.17, 15) is 9.59 Å². The van der Waals surface area contributed by atoms with Gasteiger partial charge in [-0.25, -0.2) is 0 Å². The number of amides is 1. The molecule has 0 saturated heterocycles. The summed E-state index contributed by atoms with van der Waals surface area (Å²) in [6.45, 7) is 2.31. The topological polar surface area (TPSA) is 68.3 Å². The molecule has 5 heteroatoms. The van der Waals surface area contributed by atoms with Crippen molar-refractivity contribution in [3.8, 4) is 5.75 Å². The van der Waals surface area contributed by atoms with Crippen LogP contribution in [-0.4, -0.2) is 30.3 Å². The van der Waals surface area contributed by atoms with Crippen LogP contribution in [-0.2, 0) is 22.4 Å². The van der Waals surface area contributed by atoms with Gasteiger partial charge in [0, 0.05) is 25.4 Å². The first-order valence-electron chi connectivity index (χ1n) is 7.43. The van der Waals surface area contributed by atoms with Gasteiger partial charge in [-0.3, -0.25) is 14.6 Å². The Balaban J connectivity index is 1.79. The van der Waals surface area contributed by atoms with E-state index in [4.69, 9.17) is 4.74 Å². The Morgan fingerprint density at radius 2 is 1.91 bits per heavy atom. The van der Waals surface area contributed by atoms with Gasteiger partial charge in [0.2, 0.25) is 5.78 Å². The molecule has 1 aromatic heterocycles. The number of pyridine rings is 1. The summed E-state index contributed by atoms with van der Waals surface area (Å²) in [5, 5.41) is 2.66. The molecule has 0 aliphatic carbocycles. The molecule has 23 heavy (non-hydrogen) atoms. The first-order chi connectivity index (χ1) is 11.1. The predicted octanol–water partition coefficient (Wildman–Crippen LogP) is 1.87. The van der Waals surface area contributed by atoms with Gasteiger partial charge in [0.25, 0.3) is 5.91 Å². The molecule has 2 aromatic rings. The lowest BCUT2D eigenvalue weighted by molar-refractivity contribution is -0.137. The third-order valence-electron chi connectivity index (χ3n) is 3.61. The Hall–Kier alpha value is -2.69. The van der Waals surface area contributed by atoms with Gasteiger partial charge in [0.05, 0.1) is 7.11 Å². The first kappa shape index (κ1) is 16.7. The number of aryl methyl sites for hydroxylation is 1. The maximum Gasteiger partial charge on any atom is 0.287 e. The van der Waals surface area contributed by atoms with Gasteiger partial charge in [0.15, 0.2) is 0 Å². The lowest BCUT2D eigenvalue weighted by Crippen LogP contribution is -2.33. The number of ketones is 1. The second-order valence-corrected chi connectivity index (χ2v) is 5.26. The van der Waals surface area contributed by atoms with E-state index in [-0.39, 0.29) is 6.42 Å². The smallest absolute Gasteiger partial charge is 0.287 e. The van der Waals surface area contributed by atoms with E-state index in [1.807, 2.05) is 37.3 Å².